The Morgan fingerprint density at radius 1 is 1.15 bits per heavy atom. The highest BCUT2D eigenvalue weighted by Crippen LogP contribution is 2.25. The first-order chi connectivity index (χ1) is 16.2. The number of nitrogens with two attached hydrogens (primary N) is 2. The molecule has 0 fully saturated rings. The fourth-order valence-electron chi connectivity index (χ4n) is 3.64. The molecule has 1 unspecified atom stereocenters. The lowest BCUT2D eigenvalue weighted by Gasteiger charge is -2.15. The minimum Gasteiger partial charge on any atom is -0.364 e. The van der Waals surface area contributed by atoms with Crippen molar-refractivity contribution < 1.29 is 23.7 Å². The summed E-state index contributed by atoms with van der Waals surface area (Å²) in [5.74, 6) is 3.88. The predicted octanol–water partition coefficient (Wildman–Crippen LogP) is 3.76. The normalized spacial score (nSPS) is 15.5. The van der Waals surface area contributed by atoms with Crippen LogP contribution < -0.4 is 11.6 Å². The lowest BCUT2D eigenvalue weighted by molar-refractivity contribution is -0.195. The summed E-state index contributed by atoms with van der Waals surface area (Å²) < 4.78 is 6.29. The second-order valence-corrected chi connectivity index (χ2v) is 8.76. The summed E-state index contributed by atoms with van der Waals surface area (Å²) in [5, 5.41) is 5.07. The molecular weight excluding hydrogens is 456 g/mol. The molecule has 1 aromatic heterocycles. The second kappa shape index (κ2) is 11.2. The second-order valence-electron chi connectivity index (χ2n) is 7.98. The van der Waals surface area contributed by atoms with Crippen molar-refractivity contribution in [1.29, 1.82) is 0 Å². The van der Waals surface area contributed by atoms with Crippen LogP contribution in [-0.4, -0.2) is 27.3 Å². The third-order valence-electron chi connectivity index (χ3n) is 5.37. The maximum absolute atomic E-state index is 11.6. The Balaban J connectivity index is 0.000000248. The summed E-state index contributed by atoms with van der Waals surface area (Å²) in [6.07, 6.45) is 3.18. The Kier molecular flexibility index (Phi) is 8.35. The Bertz CT molecular complexity index is 1250. The summed E-state index contributed by atoms with van der Waals surface area (Å²) >= 11 is 0.989. The number of fused-ring (bicyclic) bond motifs is 1. The van der Waals surface area contributed by atoms with Gasteiger partial charge in [0.2, 0.25) is 0 Å². The number of benzene rings is 2. The number of primary amides is 1. The van der Waals surface area contributed by atoms with E-state index >= 15 is 0 Å². The number of ketones is 2. The molecule has 10 heteroatoms. The average Bonchev–Trinajstić information content (AvgIpc) is 3.17. The fraction of sp³-hybridized carbons (Fsp3) is 0.250. The van der Waals surface area contributed by atoms with Crippen LogP contribution in [0.3, 0.4) is 0 Å². The van der Waals surface area contributed by atoms with Gasteiger partial charge in [-0.1, -0.05) is 17.7 Å². The van der Waals surface area contributed by atoms with Gasteiger partial charge in [-0.3, -0.25) is 14.4 Å². The van der Waals surface area contributed by atoms with Gasteiger partial charge < -0.3 is 5.73 Å². The highest BCUT2D eigenvalue weighted by molar-refractivity contribution is 7.94. The van der Waals surface area contributed by atoms with Crippen LogP contribution in [0.15, 0.2) is 59.0 Å². The van der Waals surface area contributed by atoms with Crippen LogP contribution in [0.4, 0.5) is 0 Å². The minimum absolute atomic E-state index is 0.00116. The smallest absolute Gasteiger partial charge is 0.269 e. The average molecular weight is 483 g/mol. The highest BCUT2D eigenvalue weighted by atomic mass is 32.2. The Labute approximate surface area is 201 Å². The number of allylic oxidation sites excluding steroid dienone is 2. The number of hydrogen-bond acceptors (Lipinski definition) is 8. The van der Waals surface area contributed by atoms with Gasteiger partial charge >= 0.3 is 0 Å². The fourth-order valence-corrected chi connectivity index (χ4v) is 4.00. The summed E-state index contributed by atoms with van der Waals surface area (Å²) in [6, 6.07) is 13.1. The van der Waals surface area contributed by atoms with Crippen molar-refractivity contribution >= 4 is 40.4 Å². The molecule has 1 amide bonds. The first-order valence-corrected chi connectivity index (χ1v) is 11.3. The molecule has 4 rings (SSSR count). The highest BCUT2D eigenvalue weighted by Gasteiger charge is 2.24. The van der Waals surface area contributed by atoms with Crippen LogP contribution in [-0.2, 0) is 18.9 Å². The lowest BCUT2D eigenvalue weighted by atomic mass is 9.87. The van der Waals surface area contributed by atoms with Crippen molar-refractivity contribution in [2.45, 2.75) is 38.5 Å². The molecule has 1 aliphatic rings. The van der Waals surface area contributed by atoms with E-state index in [0.29, 0.717) is 6.42 Å². The molecule has 0 saturated carbocycles. The topological polar surface area (TPSA) is 140 Å². The maximum Gasteiger partial charge on any atom is 0.269 e. The Morgan fingerprint density at radius 3 is 2.44 bits per heavy atom. The maximum atomic E-state index is 11.6. The standard InChI is InChI=1S/C15H14N4O3S.C9H12O2/c1-9-2-7-12-13(8-9)19(18-14(12)15(16)20)10-3-5-11(6-4-10)23-22-21-17;1-6-3-4-8(7(2)10)9(11)5-6/h2-8H,17H2,1H3,(H2,16,20);5,8H,3-4H2,1-2H3. The van der Waals surface area contributed by atoms with Crippen LogP contribution in [0.5, 0.6) is 0 Å². The number of hydrogen-bond donors (Lipinski definition) is 2. The quantitative estimate of drug-likeness (QED) is 0.234. The number of amides is 1. The van der Waals surface area contributed by atoms with E-state index in [-0.39, 0.29) is 23.2 Å². The predicted molar refractivity (Wildman–Crippen MR) is 129 cm³/mol. The van der Waals surface area contributed by atoms with Gasteiger partial charge in [0.25, 0.3) is 5.91 Å². The van der Waals surface area contributed by atoms with Gasteiger partial charge in [-0.2, -0.15) is 11.0 Å². The number of aromatic nitrogens is 2. The summed E-state index contributed by atoms with van der Waals surface area (Å²) in [5.41, 5.74) is 9.45. The molecule has 0 aliphatic heterocycles. The third-order valence-corrected chi connectivity index (χ3v) is 5.98. The minimum atomic E-state index is -0.557. The van der Waals surface area contributed by atoms with E-state index in [1.54, 1.807) is 10.8 Å². The van der Waals surface area contributed by atoms with E-state index in [2.05, 4.69) is 14.4 Å². The molecule has 178 valence electrons. The van der Waals surface area contributed by atoms with E-state index in [4.69, 9.17) is 11.6 Å². The molecule has 9 nitrogen and oxygen atoms in total. The zero-order valence-electron chi connectivity index (χ0n) is 19.1. The van der Waals surface area contributed by atoms with E-state index < -0.39 is 5.91 Å². The molecule has 0 radical (unpaired) electrons. The molecule has 34 heavy (non-hydrogen) atoms. The zero-order valence-corrected chi connectivity index (χ0v) is 19.9. The van der Waals surface area contributed by atoms with Crippen molar-refractivity contribution in [1.82, 2.24) is 9.78 Å². The number of carbonyl (C=O) groups excluding carboxylic acids is 3. The van der Waals surface area contributed by atoms with Gasteiger partial charge in [-0.05, 0) is 75.6 Å². The van der Waals surface area contributed by atoms with Crippen molar-refractivity contribution in [2.75, 3.05) is 0 Å². The van der Waals surface area contributed by atoms with E-state index in [1.165, 1.54) is 6.92 Å². The van der Waals surface area contributed by atoms with Gasteiger partial charge in [-0.15, -0.1) is 9.32 Å². The molecule has 2 aromatic carbocycles. The Hall–Kier alpha value is -3.31. The van der Waals surface area contributed by atoms with Crippen molar-refractivity contribution in [3.63, 3.8) is 0 Å². The van der Waals surface area contributed by atoms with Gasteiger partial charge in [0.15, 0.2) is 11.5 Å². The molecule has 4 N–H and O–H groups in total. The molecule has 3 aromatic rings. The molecule has 0 bridgehead atoms. The molecule has 0 spiro atoms. The van der Waals surface area contributed by atoms with Crippen LogP contribution in [0.2, 0.25) is 0 Å². The summed E-state index contributed by atoms with van der Waals surface area (Å²) in [4.78, 5) is 38.5. The van der Waals surface area contributed by atoms with Crippen LogP contribution >= 0.6 is 12.0 Å². The summed E-state index contributed by atoms with van der Waals surface area (Å²) in [7, 11) is 0. The lowest BCUT2D eigenvalue weighted by Crippen LogP contribution is -2.23. The molecule has 1 atom stereocenters. The van der Waals surface area contributed by atoms with Crippen molar-refractivity contribution in [2.24, 2.45) is 17.5 Å². The number of carbonyl (C=O) groups is 3. The van der Waals surface area contributed by atoms with Gasteiger partial charge in [0.1, 0.15) is 5.78 Å². The van der Waals surface area contributed by atoms with Crippen molar-refractivity contribution in [3.8, 4) is 5.69 Å². The van der Waals surface area contributed by atoms with E-state index in [0.717, 1.165) is 51.1 Å². The number of aryl methyl sites for hydroxylation is 1. The van der Waals surface area contributed by atoms with E-state index in [9.17, 15) is 14.4 Å². The largest absolute Gasteiger partial charge is 0.364 e. The van der Waals surface area contributed by atoms with Gasteiger partial charge in [-0.25, -0.2) is 4.68 Å². The third kappa shape index (κ3) is 5.97. The monoisotopic (exact) mass is 482 g/mol. The van der Waals surface area contributed by atoms with Crippen LogP contribution in [0.1, 0.15) is 42.7 Å². The van der Waals surface area contributed by atoms with Crippen LogP contribution in [0.25, 0.3) is 16.6 Å². The summed E-state index contributed by atoms with van der Waals surface area (Å²) in [6.45, 7) is 5.38. The first-order valence-electron chi connectivity index (χ1n) is 10.5. The number of nitrogens with zero attached hydrogens (tertiary/aromatic N) is 2. The van der Waals surface area contributed by atoms with Crippen LogP contribution in [0, 0.1) is 12.8 Å². The van der Waals surface area contributed by atoms with Gasteiger partial charge in [0.05, 0.1) is 29.2 Å². The zero-order chi connectivity index (χ0) is 24.8. The molecule has 1 aliphatic carbocycles. The first kappa shape index (κ1) is 25.3. The Morgan fingerprint density at radius 2 is 1.85 bits per heavy atom. The molecular formula is C24H26N4O5S. The number of rotatable bonds is 6. The number of Topliss-reactive ketones (excluding diaryl/α,β-unsaturated/α-hetero) is 1. The van der Waals surface area contributed by atoms with E-state index in [1.807, 2.05) is 56.3 Å². The van der Waals surface area contributed by atoms with Gasteiger partial charge in [0, 0.05) is 10.3 Å². The molecule has 0 saturated heterocycles. The molecule has 1 heterocycles. The SMILES string of the molecule is CC(=O)C1CCC(C)=CC1=O.Cc1ccc2c(C(N)=O)nn(-c3ccc(SOON)cc3)c2c1. The van der Waals surface area contributed by atoms with Crippen molar-refractivity contribution in [3.05, 3.63) is 65.4 Å².